The maximum atomic E-state index is 13.2. The minimum atomic E-state index is -2.48. The molecular formula is C24H29F2NO4. The highest BCUT2D eigenvalue weighted by Gasteiger charge is 2.36. The number of rotatable bonds is 11. The summed E-state index contributed by atoms with van der Waals surface area (Å²) in [6, 6.07) is 15.0. The summed E-state index contributed by atoms with van der Waals surface area (Å²) in [5, 5.41) is 0. The third-order valence-electron chi connectivity index (χ3n) is 5.63. The normalized spacial score (nSPS) is 17.3. The number of likely N-dealkylation sites (tertiary alicyclic amines) is 1. The smallest absolute Gasteiger partial charge is 0.241 e. The standard InChI is InChI=1S/C24H29F2NO4/c1-29-20-7-3-17(4-8-20)11-12-27-15-19(13-24(27)28)22(14-23(25)26)31-16-18-5-9-21(30-2)10-6-18/h3-10,19,22-23H,11-16H2,1-2H3/t19-,22-/m1/s1. The van der Waals surface area contributed by atoms with Gasteiger partial charge in [-0.25, -0.2) is 8.78 Å². The van der Waals surface area contributed by atoms with E-state index in [2.05, 4.69) is 0 Å². The second-order valence-electron chi connectivity index (χ2n) is 7.73. The summed E-state index contributed by atoms with van der Waals surface area (Å²) < 4.78 is 42.5. The highest BCUT2D eigenvalue weighted by Crippen LogP contribution is 2.28. The highest BCUT2D eigenvalue weighted by molar-refractivity contribution is 5.78. The van der Waals surface area contributed by atoms with Crippen molar-refractivity contribution in [3.63, 3.8) is 0 Å². The van der Waals surface area contributed by atoms with Gasteiger partial charge in [0.15, 0.2) is 0 Å². The number of amides is 1. The minimum absolute atomic E-state index is 0.00849. The lowest BCUT2D eigenvalue weighted by Gasteiger charge is -2.24. The van der Waals surface area contributed by atoms with E-state index < -0.39 is 12.5 Å². The lowest BCUT2D eigenvalue weighted by Crippen LogP contribution is -2.31. The number of hydrogen-bond donors (Lipinski definition) is 0. The van der Waals surface area contributed by atoms with Crippen molar-refractivity contribution in [1.29, 1.82) is 0 Å². The maximum absolute atomic E-state index is 13.2. The summed E-state index contributed by atoms with van der Waals surface area (Å²) in [7, 11) is 3.20. The van der Waals surface area contributed by atoms with Gasteiger partial charge in [0, 0.05) is 31.8 Å². The number of carbonyl (C=O) groups excluding carboxylic acids is 1. The minimum Gasteiger partial charge on any atom is -0.497 e. The van der Waals surface area contributed by atoms with E-state index in [0.29, 0.717) is 19.5 Å². The van der Waals surface area contributed by atoms with Crippen LogP contribution >= 0.6 is 0 Å². The van der Waals surface area contributed by atoms with Crippen LogP contribution in [0.1, 0.15) is 24.0 Å². The Balaban J connectivity index is 1.55. The molecule has 5 nitrogen and oxygen atoms in total. The Morgan fingerprint density at radius 2 is 1.55 bits per heavy atom. The molecule has 0 saturated carbocycles. The predicted octanol–water partition coefficient (Wildman–Crippen LogP) is 4.34. The van der Waals surface area contributed by atoms with Crippen molar-refractivity contribution in [1.82, 2.24) is 4.90 Å². The number of nitrogens with zero attached hydrogens (tertiary/aromatic N) is 1. The fourth-order valence-electron chi connectivity index (χ4n) is 3.82. The van der Waals surface area contributed by atoms with Gasteiger partial charge in [0.1, 0.15) is 11.5 Å². The van der Waals surface area contributed by atoms with Crippen molar-refractivity contribution in [2.24, 2.45) is 5.92 Å². The van der Waals surface area contributed by atoms with E-state index >= 15 is 0 Å². The van der Waals surface area contributed by atoms with Crippen molar-refractivity contribution in [3.8, 4) is 11.5 Å². The Kier molecular flexibility index (Phi) is 8.23. The number of methoxy groups -OCH3 is 2. The number of hydrogen-bond acceptors (Lipinski definition) is 4. The second kappa shape index (κ2) is 11.1. The zero-order chi connectivity index (χ0) is 22.2. The maximum Gasteiger partial charge on any atom is 0.241 e. The quantitative estimate of drug-likeness (QED) is 0.529. The lowest BCUT2D eigenvalue weighted by atomic mass is 9.98. The molecule has 2 atom stereocenters. The van der Waals surface area contributed by atoms with E-state index in [-0.39, 0.29) is 31.3 Å². The first-order valence-corrected chi connectivity index (χ1v) is 10.4. The molecule has 31 heavy (non-hydrogen) atoms. The summed E-state index contributed by atoms with van der Waals surface area (Å²) in [6.07, 6.45) is -2.58. The molecule has 0 bridgehead atoms. The van der Waals surface area contributed by atoms with Crippen molar-refractivity contribution < 1.29 is 27.8 Å². The molecule has 0 spiro atoms. The summed E-state index contributed by atoms with van der Waals surface area (Å²) in [5.74, 6) is 1.26. The molecule has 1 aliphatic rings. The molecule has 0 aliphatic carbocycles. The summed E-state index contributed by atoms with van der Waals surface area (Å²) in [5.41, 5.74) is 1.97. The Morgan fingerprint density at radius 3 is 2.10 bits per heavy atom. The van der Waals surface area contributed by atoms with E-state index in [4.69, 9.17) is 14.2 Å². The fraction of sp³-hybridized carbons (Fsp3) is 0.458. The van der Waals surface area contributed by atoms with Crippen LogP contribution in [0.2, 0.25) is 0 Å². The van der Waals surface area contributed by atoms with Crippen LogP contribution in [0.5, 0.6) is 11.5 Å². The molecule has 2 aromatic carbocycles. The molecule has 1 aliphatic heterocycles. The summed E-state index contributed by atoms with van der Waals surface area (Å²) >= 11 is 0. The molecule has 0 unspecified atom stereocenters. The summed E-state index contributed by atoms with van der Waals surface area (Å²) in [6.45, 7) is 1.22. The average molecular weight is 433 g/mol. The Labute approximate surface area is 181 Å². The molecule has 7 heteroatoms. The van der Waals surface area contributed by atoms with Crippen molar-refractivity contribution in [2.75, 3.05) is 27.3 Å². The third-order valence-corrected chi connectivity index (χ3v) is 5.63. The highest BCUT2D eigenvalue weighted by atomic mass is 19.3. The van der Waals surface area contributed by atoms with Crippen LogP contribution in [0.25, 0.3) is 0 Å². The Hall–Kier alpha value is -2.67. The van der Waals surface area contributed by atoms with E-state index in [1.165, 1.54) is 0 Å². The second-order valence-corrected chi connectivity index (χ2v) is 7.73. The van der Waals surface area contributed by atoms with Gasteiger partial charge < -0.3 is 19.1 Å². The molecule has 1 saturated heterocycles. The van der Waals surface area contributed by atoms with E-state index in [0.717, 1.165) is 22.6 Å². The van der Waals surface area contributed by atoms with Crippen LogP contribution in [-0.2, 0) is 22.6 Å². The van der Waals surface area contributed by atoms with Crippen LogP contribution < -0.4 is 9.47 Å². The first kappa shape index (κ1) is 23.0. The number of carbonyl (C=O) groups is 1. The van der Waals surface area contributed by atoms with Crippen LogP contribution in [-0.4, -0.2) is 50.6 Å². The van der Waals surface area contributed by atoms with Crippen LogP contribution in [0.15, 0.2) is 48.5 Å². The van der Waals surface area contributed by atoms with Gasteiger partial charge in [-0.05, 0) is 41.8 Å². The van der Waals surface area contributed by atoms with Crippen molar-refractivity contribution >= 4 is 5.91 Å². The molecule has 0 radical (unpaired) electrons. The Morgan fingerprint density at radius 1 is 0.968 bits per heavy atom. The van der Waals surface area contributed by atoms with E-state index in [9.17, 15) is 13.6 Å². The first-order valence-electron chi connectivity index (χ1n) is 10.4. The van der Waals surface area contributed by atoms with E-state index in [1.54, 1.807) is 31.3 Å². The number of benzene rings is 2. The zero-order valence-corrected chi connectivity index (χ0v) is 17.9. The molecule has 1 fully saturated rings. The predicted molar refractivity (Wildman–Crippen MR) is 114 cm³/mol. The van der Waals surface area contributed by atoms with Crippen LogP contribution in [0.4, 0.5) is 8.78 Å². The number of halogens is 2. The van der Waals surface area contributed by atoms with Gasteiger partial charge in [0.05, 0.1) is 26.9 Å². The van der Waals surface area contributed by atoms with Crippen molar-refractivity contribution in [3.05, 3.63) is 59.7 Å². The van der Waals surface area contributed by atoms with Gasteiger partial charge in [0.2, 0.25) is 12.3 Å². The first-order chi connectivity index (χ1) is 15.0. The molecular weight excluding hydrogens is 404 g/mol. The molecule has 3 rings (SSSR count). The topological polar surface area (TPSA) is 48.0 Å². The van der Waals surface area contributed by atoms with Gasteiger partial charge in [0.25, 0.3) is 0 Å². The zero-order valence-electron chi connectivity index (χ0n) is 17.9. The van der Waals surface area contributed by atoms with Gasteiger partial charge >= 0.3 is 0 Å². The lowest BCUT2D eigenvalue weighted by molar-refractivity contribution is -0.127. The summed E-state index contributed by atoms with van der Waals surface area (Å²) in [4.78, 5) is 14.2. The van der Waals surface area contributed by atoms with Crippen molar-refractivity contribution in [2.45, 2.75) is 38.4 Å². The molecule has 0 N–H and O–H groups in total. The third kappa shape index (κ3) is 6.66. The van der Waals surface area contributed by atoms with Gasteiger partial charge in [-0.3, -0.25) is 4.79 Å². The molecule has 1 heterocycles. The monoisotopic (exact) mass is 433 g/mol. The van der Waals surface area contributed by atoms with Gasteiger partial charge in [-0.1, -0.05) is 24.3 Å². The fourth-order valence-corrected chi connectivity index (χ4v) is 3.82. The molecule has 2 aromatic rings. The molecule has 0 aromatic heterocycles. The van der Waals surface area contributed by atoms with Gasteiger partial charge in [-0.15, -0.1) is 0 Å². The number of ether oxygens (including phenoxy) is 3. The largest absolute Gasteiger partial charge is 0.497 e. The van der Waals surface area contributed by atoms with Gasteiger partial charge in [-0.2, -0.15) is 0 Å². The SMILES string of the molecule is COc1ccc(CCN2C[C@H]([C@@H](CC(F)F)OCc3ccc(OC)cc3)CC2=O)cc1. The van der Waals surface area contributed by atoms with Crippen LogP contribution in [0.3, 0.4) is 0 Å². The number of alkyl halides is 2. The average Bonchev–Trinajstić information content (AvgIpc) is 3.16. The van der Waals surface area contributed by atoms with Crippen LogP contribution in [0, 0.1) is 5.92 Å². The van der Waals surface area contributed by atoms with E-state index in [1.807, 2.05) is 36.4 Å². The Bertz CT molecular complexity index is 826. The molecule has 1 amide bonds. The molecule has 168 valence electrons.